The zero-order valence-corrected chi connectivity index (χ0v) is 16.7. The lowest BCUT2D eigenvalue weighted by atomic mass is 10.1. The van der Waals surface area contributed by atoms with Gasteiger partial charge in [-0.05, 0) is 67.9 Å². The summed E-state index contributed by atoms with van der Waals surface area (Å²) in [7, 11) is 0. The molecule has 0 saturated heterocycles. The van der Waals surface area contributed by atoms with Gasteiger partial charge in [-0.2, -0.15) is 0 Å². The number of amides is 1. The van der Waals surface area contributed by atoms with E-state index in [0.717, 1.165) is 22.7 Å². The molecule has 0 bridgehead atoms. The van der Waals surface area contributed by atoms with Crippen molar-refractivity contribution in [1.82, 2.24) is 0 Å². The Bertz CT molecular complexity index is 894. The molecule has 29 heavy (non-hydrogen) atoms. The average molecular weight is 390 g/mol. The normalized spacial score (nSPS) is 11.4. The first-order valence-electron chi connectivity index (χ1n) is 9.77. The van der Waals surface area contributed by atoms with Crippen molar-refractivity contribution in [2.45, 2.75) is 19.9 Å². The summed E-state index contributed by atoms with van der Waals surface area (Å²) in [4.78, 5) is 13.1. The summed E-state index contributed by atoms with van der Waals surface area (Å²) in [5.74, 6) is 1.43. The smallest absolute Gasteiger partial charge is 0.251 e. The third kappa shape index (κ3) is 5.75. The Morgan fingerprint density at radius 2 is 1.28 bits per heavy atom. The predicted molar refractivity (Wildman–Crippen MR) is 117 cm³/mol. The molecule has 150 valence electrons. The highest BCUT2D eigenvalue weighted by atomic mass is 16.5. The van der Waals surface area contributed by atoms with Gasteiger partial charge in [0.1, 0.15) is 17.5 Å². The molecule has 5 nitrogen and oxygen atoms in total. The van der Waals surface area contributed by atoms with Gasteiger partial charge in [0.25, 0.3) is 5.91 Å². The summed E-state index contributed by atoms with van der Waals surface area (Å²) in [6.07, 6.45) is 0. The van der Waals surface area contributed by atoms with Crippen molar-refractivity contribution >= 4 is 17.3 Å². The molecule has 2 N–H and O–H groups in total. The van der Waals surface area contributed by atoms with Crippen molar-refractivity contribution in [2.24, 2.45) is 0 Å². The van der Waals surface area contributed by atoms with Crippen LogP contribution in [0.15, 0.2) is 78.9 Å². The molecule has 0 saturated carbocycles. The maximum absolute atomic E-state index is 13.1. The fourth-order valence-electron chi connectivity index (χ4n) is 2.94. The van der Waals surface area contributed by atoms with Crippen molar-refractivity contribution in [1.29, 1.82) is 0 Å². The van der Waals surface area contributed by atoms with Gasteiger partial charge in [0, 0.05) is 11.4 Å². The summed E-state index contributed by atoms with van der Waals surface area (Å²) in [6.45, 7) is 5.10. The standard InChI is InChI=1S/C24H26N2O3/c1-3-28-21-14-10-19(11-15-21)25-23(18-8-6-5-7-9-18)24(27)26-20-12-16-22(17-13-20)29-4-2/h5-17,23,25H,3-4H2,1-2H3,(H,26,27)/t23-/m1/s1. The average Bonchev–Trinajstić information content (AvgIpc) is 2.75. The quantitative estimate of drug-likeness (QED) is 0.522. The number of carbonyl (C=O) groups excluding carboxylic acids is 1. The highest BCUT2D eigenvalue weighted by Crippen LogP contribution is 2.24. The second-order valence-corrected chi connectivity index (χ2v) is 6.39. The SMILES string of the molecule is CCOc1ccc(NC(=O)[C@H](Nc2ccc(OCC)cc2)c2ccccc2)cc1. The van der Waals surface area contributed by atoms with E-state index in [-0.39, 0.29) is 5.91 Å². The molecule has 0 aliphatic carbocycles. The molecule has 3 rings (SSSR count). The van der Waals surface area contributed by atoms with Crippen LogP contribution in [0.3, 0.4) is 0 Å². The summed E-state index contributed by atoms with van der Waals surface area (Å²) >= 11 is 0. The molecule has 0 spiro atoms. The molecular formula is C24H26N2O3. The number of ether oxygens (including phenoxy) is 2. The minimum atomic E-state index is -0.541. The van der Waals surface area contributed by atoms with E-state index in [2.05, 4.69) is 10.6 Å². The second-order valence-electron chi connectivity index (χ2n) is 6.39. The lowest BCUT2D eigenvalue weighted by Gasteiger charge is -2.20. The van der Waals surface area contributed by atoms with Crippen LogP contribution in [0.2, 0.25) is 0 Å². The van der Waals surface area contributed by atoms with Crippen LogP contribution in [0.25, 0.3) is 0 Å². The fraction of sp³-hybridized carbons (Fsp3) is 0.208. The van der Waals surface area contributed by atoms with Gasteiger partial charge in [0.05, 0.1) is 13.2 Å². The maximum atomic E-state index is 13.1. The molecule has 0 radical (unpaired) electrons. The van der Waals surface area contributed by atoms with Gasteiger partial charge in [-0.15, -0.1) is 0 Å². The molecular weight excluding hydrogens is 364 g/mol. The van der Waals surface area contributed by atoms with Crippen molar-refractivity contribution < 1.29 is 14.3 Å². The Morgan fingerprint density at radius 1 is 0.759 bits per heavy atom. The molecule has 3 aromatic rings. The molecule has 0 aromatic heterocycles. The topological polar surface area (TPSA) is 59.6 Å². The van der Waals surface area contributed by atoms with Crippen LogP contribution in [0.5, 0.6) is 11.5 Å². The molecule has 0 fully saturated rings. The van der Waals surface area contributed by atoms with E-state index < -0.39 is 6.04 Å². The maximum Gasteiger partial charge on any atom is 0.251 e. The lowest BCUT2D eigenvalue weighted by molar-refractivity contribution is -0.117. The number of carbonyl (C=O) groups is 1. The number of anilines is 2. The highest BCUT2D eigenvalue weighted by molar-refractivity contribution is 5.97. The molecule has 0 unspecified atom stereocenters. The molecule has 0 aliphatic rings. The molecule has 1 amide bonds. The molecule has 0 heterocycles. The van der Waals surface area contributed by atoms with Crippen molar-refractivity contribution in [3.63, 3.8) is 0 Å². The van der Waals surface area contributed by atoms with E-state index in [4.69, 9.17) is 9.47 Å². The van der Waals surface area contributed by atoms with E-state index in [9.17, 15) is 4.79 Å². The second kappa shape index (κ2) is 10.2. The summed E-state index contributed by atoms with van der Waals surface area (Å²) in [6, 6.07) is 24.1. The van der Waals surface area contributed by atoms with Crippen molar-refractivity contribution in [2.75, 3.05) is 23.8 Å². The predicted octanol–water partition coefficient (Wildman–Crippen LogP) is 5.28. The molecule has 0 aliphatic heterocycles. The Labute approximate surface area is 171 Å². The van der Waals surface area contributed by atoms with Gasteiger partial charge in [0.15, 0.2) is 0 Å². The Balaban J connectivity index is 1.76. The van der Waals surface area contributed by atoms with Crippen LogP contribution >= 0.6 is 0 Å². The molecule has 5 heteroatoms. The number of benzene rings is 3. The third-order valence-corrected chi connectivity index (χ3v) is 4.30. The minimum absolute atomic E-state index is 0.144. The first-order chi connectivity index (χ1) is 14.2. The van der Waals surface area contributed by atoms with Crippen molar-refractivity contribution in [3.05, 3.63) is 84.4 Å². The number of rotatable bonds is 9. The summed E-state index contributed by atoms with van der Waals surface area (Å²) in [5.41, 5.74) is 2.43. The van der Waals surface area contributed by atoms with Crippen LogP contribution in [-0.4, -0.2) is 19.1 Å². The molecule has 3 aromatic carbocycles. The Kier molecular flexibility index (Phi) is 7.11. The van der Waals surface area contributed by atoms with Gasteiger partial charge in [-0.25, -0.2) is 0 Å². The summed E-state index contributed by atoms with van der Waals surface area (Å²) in [5, 5.41) is 6.30. The summed E-state index contributed by atoms with van der Waals surface area (Å²) < 4.78 is 10.9. The monoisotopic (exact) mass is 390 g/mol. The van der Waals surface area contributed by atoms with Gasteiger partial charge in [0.2, 0.25) is 0 Å². The van der Waals surface area contributed by atoms with E-state index in [1.165, 1.54) is 0 Å². The lowest BCUT2D eigenvalue weighted by Crippen LogP contribution is -2.27. The highest BCUT2D eigenvalue weighted by Gasteiger charge is 2.20. The fourth-order valence-corrected chi connectivity index (χ4v) is 2.94. The van der Waals surface area contributed by atoms with E-state index in [1.54, 1.807) is 0 Å². The van der Waals surface area contributed by atoms with E-state index >= 15 is 0 Å². The van der Waals surface area contributed by atoms with Crippen LogP contribution in [0.4, 0.5) is 11.4 Å². The largest absolute Gasteiger partial charge is 0.494 e. The van der Waals surface area contributed by atoms with Gasteiger partial charge in [-0.3, -0.25) is 4.79 Å². The third-order valence-electron chi connectivity index (χ3n) is 4.30. The van der Waals surface area contributed by atoms with Crippen LogP contribution in [-0.2, 0) is 4.79 Å². The van der Waals surface area contributed by atoms with Gasteiger partial charge < -0.3 is 20.1 Å². The van der Waals surface area contributed by atoms with Crippen molar-refractivity contribution in [3.8, 4) is 11.5 Å². The number of nitrogens with one attached hydrogen (secondary N) is 2. The van der Waals surface area contributed by atoms with Gasteiger partial charge in [-0.1, -0.05) is 30.3 Å². The zero-order valence-electron chi connectivity index (χ0n) is 16.7. The first-order valence-corrected chi connectivity index (χ1v) is 9.77. The van der Waals surface area contributed by atoms with Gasteiger partial charge >= 0.3 is 0 Å². The van der Waals surface area contributed by atoms with Crippen LogP contribution in [0, 0.1) is 0 Å². The zero-order chi connectivity index (χ0) is 20.5. The Hall–Kier alpha value is -3.47. The number of hydrogen-bond acceptors (Lipinski definition) is 4. The van der Waals surface area contributed by atoms with Crippen LogP contribution in [0.1, 0.15) is 25.5 Å². The van der Waals surface area contributed by atoms with E-state index in [1.807, 2.05) is 92.7 Å². The Morgan fingerprint density at radius 3 is 1.79 bits per heavy atom. The van der Waals surface area contributed by atoms with E-state index in [0.29, 0.717) is 18.9 Å². The minimum Gasteiger partial charge on any atom is -0.494 e. The first kappa shape index (κ1) is 20.3. The van der Waals surface area contributed by atoms with Crippen LogP contribution < -0.4 is 20.1 Å². The number of hydrogen-bond donors (Lipinski definition) is 2. The molecule has 1 atom stereocenters.